The Bertz CT molecular complexity index is 524. The molecule has 1 aromatic carbocycles. The zero-order valence-corrected chi connectivity index (χ0v) is 12.2. The molecule has 3 unspecified atom stereocenters. The van der Waals surface area contributed by atoms with Crippen LogP contribution in [-0.4, -0.2) is 29.2 Å². The van der Waals surface area contributed by atoms with Crippen LogP contribution in [0.15, 0.2) is 54.5 Å². The van der Waals surface area contributed by atoms with E-state index in [1.165, 1.54) is 5.56 Å². The van der Waals surface area contributed by atoms with Gasteiger partial charge in [-0.25, -0.2) is 0 Å². The molecule has 0 aromatic heterocycles. The van der Waals surface area contributed by atoms with Crippen LogP contribution in [0, 0.1) is 11.8 Å². The fourth-order valence-electron chi connectivity index (χ4n) is 3.20. The summed E-state index contributed by atoms with van der Waals surface area (Å²) in [6.07, 6.45) is 4.78. The first-order valence-corrected chi connectivity index (χ1v) is 7.37. The standard InChI is InChI=1S/C17H21NO3/c1-13(19)16-10-18(9-14-5-3-2-4-6-14)11-17(16)15-7-8-20-21-12-15/h2-8,12-13,16-17,19H,9-11H2,1H3. The number of hydrogen-bond donors (Lipinski definition) is 1. The molecule has 0 radical (unpaired) electrons. The maximum Gasteiger partial charge on any atom is 0.146 e. The minimum absolute atomic E-state index is 0.214. The van der Waals surface area contributed by atoms with Gasteiger partial charge in [0.15, 0.2) is 0 Å². The van der Waals surface area contributed by atoms with E-state index in [0.717, 1.165) is 25.2 Å². The van der Waals surface area contributed by atoms with Crippen molar-refractivity contribution in [1.82, 2.24) is 4.90 Å². The van der Waals surface area contributed by atoms with Gasteiger partial charge in [-0.3, -0.25) is 14.7 Å². The van der Waals surface area contributed by atoms with E-state index in [4.69, 9.17) is 9.78 Å². The van der Waals surface area contributed by atoms with Gasteiger partial charge in [-0.1, -0.05) is 30.3 Å². The molecule has 2 aliphatic heterocycles. The molecule has 2 heterocycles. The molecular weight excluding hydrogens is 266 g/mol. The number of benzene rings is 1. The molecule has 0 saturated carbocycles. The molecular formula is C17H21NO3. The molecule has 0 aliphatic carbocycles. The van der Waals surface area contributed by atoms with Crippen molar-refractivity contribution in [3.63, 3.8) is 0 Å². The summed E-state index contributed by atoms with van der Waals surface area (Å²) in [5, 5.41) is 10.1. The normalized spacial score (nSPS) is 26.9. The summed E-state index contributed by atoms with van der Waals surface area (Å²) in [6.45, 7) is 4.59. The lowest BCUT2D eigenvalue weighted by Gasteiger charge is -2.22. The van der Waals surface area contributed by atoms with Crippen LogP contribution in [-0.2, 0) is 16.3 Å². The predicted octanol–water partition coefficient (Wildman–Crippen LogP) is 2.47. The van der Waals surface area contributed by atoms with E-state index in [-0.39, 0.29) is 17.9 Å². The number of likely N-dealkylation sites (tertiary alicyclic amines) is 1. The third-order valence-corrected chi connectivity index (χ3v) is 4.29. The van der Waals surface area contributed by atoms with Gasteiger partial charge in [-0.2, -0.15) is 0 Å². The third kappa shape index (κ3) is 3.28. The molecule has 3 atom stereocenters. The summed E-state index contributed by atoms with van der Waals surface area (Å²) >= 11 is 0. The summed E-state index contributed by atoms with van der Waals surface area (Å²) in [5.41, 5.74) is 2.39. The van der Waals surface area contributed by atoms with Crippen LogP contribution in [0.2, 0.25) is 0 Å². The molecule has 4 nitrogen and oxygen atoms in total. The molecule has 1 aromatic rings. The van der Waals surface area contributed by atoms with Gasteiger partial charge >= 0.3 is 0 Å². The van der Waals surface area contributed by atoms with Gasteiger partial charge in [0.25, 0.3) is 0 Å². The van der Waals surface area contributed by atoms with E-state index in [1.54, 1.807) is 12.5 Å². The third-order valence-electron chi connectivity index (χ3n) is 4.29. The van der Waals surface area contributed by atoms with E-state index in [0.29, 0.717) is 0 Å². The van der Waals surface area contributed by atoms with Crippen molar-refractivity contribution < 1.29 is 14.9 Å². The molecule has 1 fully saturated rings. The highest BCUT2D eigenvalue weighted by Gasteiger charge is 2.37. The maximum absolute atomic E-state index is 10.1. The fourth-order valence-corrected chi connectivity index (χ4v) is 3.20. The van der Waals surface area contributed by atoms with Gasteiger partial charge in [-0.15, -0.1) is 0 Å². The van der Waals surface area contributed by atoms with Crippen LogP contribution in [0.3, 0.4) is 0 Å². The molecule has 0 spiro atoms. The summed E-state index contributed by atoms with van der Waals surface area (Å²) in [7, 11) is 0. The summed E-state index contributed by atoms with van der Waals surface area (Å²) in [4.78, 5) is 12.1. The van der Waals surface area contributed by atoms with Crippen molar-refractivity contribution in [2.45, 2.75) is 19.6 Å². The Morgan fingerprint density at radius 1 is 1.24 bits per heavy atom. The Balaban J connectivity index is 1.72. The van der Waals surface area contributed by atoms with Gasteiger partial charge < -0.3 is 5.11 Å². The van der Waals surface area contributed by atoms with E-state index < -0.39 is 0 Å². The second-order valence-corrected chi connectivity index (χ2v) is 5.80. The lowest BCUT2D eigenvalue weighted by molar-refractivity contribution is -0.200. The van der Waals surface area contributed by atoms with Gasteiger partial charge in [0, 0.05) is 31.5 Å². The molecule has 3 rings (SSSR count). The minimum atomic E-state index is -0.340. The molecule has 112 valence electrons. The summed E-state index contributed by atoms with van der Waals surface area (Å²) in [6, 6.07) is 10.4. The Labute approximate surface area is 125 Å². The largest absolute Gasteiger partial charge is 0.393 e. The van der Waals surface area contributed by atoms with Crippen molar-refractivity contribution in [3.8, 4) is 0 Å². The molecule has 0 bridgehead atoms. The molecule has 4 heteroatoms. The lowest BCUT2D eigenvalue weighted by atomic mass is 9.86. The molecule has 2 aliphatic rings. The van der Waals surface area contributed by atoms with E-state index >= 15 is 0 Å². The highest BCUT2D eigenvalue weighted by Crippen LogP contribution is 2.34. The predicted molar refractivity (Wildman–Crippen MR) is 79.8 cm³/mol. The Hall–Kier alpha value is -1.78. The van der Waals surface area contributed by atoms with Crippen molar-refractivity contribution in [2.24, 2.45) is 11.8 Å². The first-order chi connectivity index (χ1) is 10.2. The van der Waals surface area contributed by atoms with Crippen molar-refractivity contribution in [1.29, 1.82) is 0 Å². The number of aliphatic hydroxyl groups excluding tert-OH is 1. The zero-order chi connectivity index (χ0) is 14.7. The smallest absolute Gasteiger partial charge is 0.146 e. The summed E-state index contributed by atoms with van der Waals surface area (Å²) < 4.78 is 0. The Kier molecular flexibility index (Phi) is 4.27. The second kappa shape index (κ2) is 6.33. The zero-order valence-electron chi connectivity index (χ0n) is 12.2. The van der Waals surface area contributed by atoms with Crippen LogP contribution in [0.5, 0.6) is 0 Å². The Morgan fingerprint density at radius 3 is 2.71 bits per heavy atom. The number of aliphatic hydroxyl groups is 1. The van der Waals surface area contributed by atoms with Crippen LogP contribution < -0.4 is 0 Å². The highest BCUT2D eigenvalue weighted by atomic mass is 17.2. The quantitative estimate of drug-likeness (QED) is 0.864. The first kappa shape index (κ1) is 14.2. The topological polar surface area (TPSA) is 41.9 Å². The highest BCUT2D eigenvalue weighted by molar-refractivity contribution is 5.23. The van der Waals surface area contributed by atoms with Crippen LogP contribution in [0.1, 0.15) is 12.5 Å². The van der Waals surface area contributed by atoms with Crippen LogP contribution in [0.4, 0.5) is 0 Å². The lowest BCUT2D eigenvalue weighted by Crippen LogP contribution is -2.26. The number of rotatable bonds is 4. The van der Waals surface area contributed by atoms with E-state index in [9.17, 15) is 5.11 Å². The van der Waals surface area contributed by atoms with Gasteiger partial charge in [0.05, 0.1) is 6.10 Å². The maximum atomic E-state index is 10.1. The van der Waals surface area contributed by atoms with Crippen molar-refractivity contribution >= 4 is 0 Å². The van der Waals surface area contributed by atoms with Crippen LogP contribution >= 0.6 is 0 Å². The first-order valence-electron chi connectivity index (χ1n) is 7.37. The molecule has 1 saturated heterocycles. The monoisotopic (exact) mass is 287 g/mol. The average molecular weight is 287 g/mol. The van der Waals surface area contributed by atoms with Crippen molar-refractivity contribution in [3.05, 3.63) is 60.1 Å². The Morgan fingerprint density at radius 2 is 2.05 bits per heavy atom. The molecule has 21 heavy (non-hydrogen) atoms. The van der Waals surface area contributed by atoms with Gasteiger partial charge in [0.2, 0.25) is 0 Å². The van der Waals surface area contributed by atoms with Crippen molar-refractivity contribution in [2.75, 3.05) is 13.1 Å². The van der Waals surface area contributed by atoms with Gasteiger partial charge in [0.1, 0.15) is 12.5 Å². The minimum Gasteiger partial charge on any atom is -0.393 e. The average Bonchev–Trinajstić information content (AvgIpc) is 2.93. The number of hydrogen-bond acceptors (Lipinski definition) is 4. The summed E-state index contributed by atoms with van der Waals surface area (Å²) in [5.74, 6) is 0.486. The SMILES string of the molecule is CC(O)C1CN(Cc2ccccc2)CC1C1=COOC=C1. The van der Waals surface area contributed by atoms with E-state index in [2.05, 4.69) is 29.2 Å². The molecule has 1 N–H and O–H groups in total. The second-order valence-electron chi connectivity index (χ2n) is 5.80. The number of nitrogens with zero attached hydrogens (tertiary/aromatic N) is 1. The van der Waals surface area contributed by atoms with Crippen LogP contribution in [0.25, 0.3) is 0 Å². The van der Waals surface area contributed by atoms with Gasteiger partial charge in [-0.05, 0) is 24.1 Å². The van der Waals surface area contributed by atoms with E-state index in [1.807, 2.05) is 19.1 Å². The molecule has 0 amide bonds. The fraction of sp³-hybridized carbons (Fsp3) is 0.412. The number of allylic oxidation sites excluding steroid dienone is 1.